The van der Waals surface area contributed by atoms with E-state index in [-0.39, 0.29) is 41.6 Å². The quantitative estimate of drug-likeness (QED) is 0.0281. The van der Waals surface area contributed by atoms with Crippen LogP contribution in [0.1, 0.15) is 97.6 Å². The number of nitrogen functional groups attached to an aromatic ring is 1. The SMILES string of the molecule is CCCC/C=C/C=C/C=C/CCCCCCCC(=O)SCCNC(=O)CCNC(=O)C(O)C(C)(C)COP(=O)(O)OP(=O)(O)OCC1OC(n2cnc3c(N)ncnc32)C(O)C1OP(=O)(O)O. The number of anilines is 1. The van der Waals surface area contributed by atoms with Gasteiger partial charge in [-0.05, 0) is 25.7 Å². The molecule has 0 aliphatic carbocycles. The van der Waals surface area contributed by atoms with Crippen molar-refractivity contribution in [1.29, 1.82) is 0 Å². The van der Waals surface area contributed by atoms with E-state index in [2.05, 4.69) is 65.6 Å². The van der Waals surface area contributed by atoms with Crippen LogP contribution < -0.4 is 16.4 Å². The maximum Gasteiger partial charge on any atom is 0.481 e. The summed E-state index contributed by atoms with van der Waals surface area (Å²) >= 11 is 1.14. The number of imidazole rings is 1. The van der Waals surface area contributed by atoms with Crippen LogP contribution in [-0.2, 0) is 50.7 Å². The molecule has 1 aliphatic heterocycles. The number of carbonyl (C=O) groups is 3. The first-order valence-electron chi connectivity index (χ1n) is 21.6. The standard InChI is InChI=1S/C39H64N7O17P3S/c1-4-5-6-7-8-9-10-11-12-13-14-15-16-17-18-19-30(48)67-23-22-41-29(47)20-21-42-37(51)34(50)39(2,3)25-60-66(57,58)63-65(55,56)59-24-28-33(62-64(52,53)54)32(49)38(61-28)46-27-45-31-35(40)43-26-44-36(31)46/h7-12,26-28,32-34,38,49-50H,4-6,13-25H2,1-3H3,(H,41,47)(H,42,51)(H,55,56)(H,57,58)(H2,40,43,44)(H2,52,53,54)/b8-7+,10-9+,12-11+. The Balaban J connectivity index is 1.31. The largest absolute Gasteiger partial charge is 0.481 e. The van der Waals surface area contributed by atoms with Gasteiger partial charge in [0.15, 0.2) is 22.8 Å². The van der Waals surface area contributed by atoms with E-state index in [0.717, 1.165) is 73.9 Å². The van der Waals surface area contributed by atoms with Gasteiger partial charge >= 0.3 is 23.5 Å². The van der Waals surface area contributed by atoms with Crippen LogP contribution >= 0.6 is 35.2 Å². The molecule has 28 heteroatoms. The van der Waals surface area contributed by atoms with E-state index >= 15 is 0 Å². The lowest BCUT2D eigenvalue weighted by Crippen LogP contribution is -2.46. The van der Waals surface area contributed by atoms with Crippen LogP contribution in [0.4, 0.5) is 5.82 Å². The third kappa shape index (κ3) is 21.5. The minimum atomic E-state index is -5.58. The molecule has 378 valence electrons. The van der Waals surface area contributed by atoms with Gasteiger partial charge in [-0.1, -0.05) is 101 Å². The van der Waals surface area contributed by atoms with Gasteiger partial charge in [-0.3, -0.25) is 32.5 Å². The second-order valence-corrected chi connectivity index (χ2v) is 21.4. The molecule has 0 spiro atoms. The predicted molar refractivity (Wildman–Crippen MR) is 246 cm³/mol. The third-order valence-corrected chi connectivity index (χ3v) is 13.9. The van der Waals surface area contributed by atoms with Crippen molar-refractivity contribution in [3.8, 4) is 0 Å². The highest BCUT2D eigenvalue weighted by molar-refractivity contribution is 8.13. The Bertz CT molecular complexity index is 2140. The van der Waals surface area contributed by atoms with Crippen molar-refractivity contribution in [3.05, 3.63) is 49.1 Å². The summed E-state index contributed by atoms with van der Waals surface area (Å²) in [6.07, 6.45) is 15.7. The Kier molecular flexibility index (Phi) is 24.7. The monoisotopic (exact) mass is 1030 g/mol. The molecule has 3 heterocycles. The first-order valence-corrected chi connectivity index (χ1v) is 27.1. The summed E-state index contributed by atoms with van der Waals surface area (Å²) in [6, 6.07) is 0. The first-order chi connectivity index (χ1) is 31.6. The summed E-state index contributed by atoms with van der Waals surface area (Å²) in [5.74, 6) is -1.05. The highest BCUT2D eigenvalue weighted by atomic mass is 32.2. The van der Waals surface area contributed by atoms with Gasteiger partial charge in [-0.2, -0.15) is 4.31 Å². The number of nitrogens with zero attached hydrogens (tertiary/aromatic N) is 4. The van der Waals surface area contributed by atoms with Gasteiger partial charge in [0.05, 0.1) is 19.5 Å². The number of unbranched alkanes of at least 4 members (excludes halogenated alkanes) is 7. The molecule has 2 aromatic heterocycles. The van der Waals surface area contributed by atoms with E-state index in [1.165, 1.54) is 26.7 Å². The summed E-state index contributed by atoms with van der Waals surface area (Å²) in [4.78, 5) is 88.3. The number of phosphoric ester groups is 3. The van der Waals surface area contributed by atoms with Crippen molar-refractivity contribution in [2.75, 3.05) is 37.8 Å². The van der Waals surface area contributed by atoms with Gasteiger partial charge < -0.3 is 50.9 Å². The number of aliphatic hydroxyl groups is 2. The smallest absolute Gasteiger partial charge is 0.386 e. The molecule has 3 rings (SSSR count). The lowest BCUT2D eigenvalue weighted by molar-refractivity contribution is -0.137. The maximum atomic E-state index is 12.7. The number of thioether (sulfide) groups is 1. The first kappa shape index (κ1) is 58.1. The lowest BCUT2D eigenvalue weighted by atomic mass is 9.87. The number of ether oxygens (including phenoxy) is 1. The molecule has 1 aliphatic rings. The molecule has 2 aromatic rings. The number of rotatable bonds is 32. The van der Waals surface area contributed by atoms with E-state index in [9.17, 15) is 57.9 Å². The van der Waals surface area contributed by atoms with Crippen molar-refractivity contribution in [1.82, 2.24) is 30.2 Å². The van der Waals surface area contributed by atoms with E-state index in [0.29, 0.717) is 12.2 Å². The van der Waals surface area contributed by atoms with Crippen LogP contribution in [0.15, 0.2) is 49.1 Å². The number of nitrogens with one attached hydrogen (secondary N) is 2. The Morgan fingerprint density at radius 2 is 1.57 bits per heavy atom. The minimum absolute atomic E-state index is 0.0315. The van der Waals surface area contributed by atoms with Crippen LogP contribution in [0.3, 0.4) is 0 Å². The molecule has 10 N–H and O–H groups in total. The number of aromatic nitrogens is 4. The number of allylic oxidation sites excluding steroid dienone is 6. The summed E-state index contributed by atoms with van der Waals surface area (Å²) in [7, 11) is -16.4. The number of fused-ring (bicyclic) bond motifs is 1. The number of carbonyl (C=O) groups excluding carboxylic acids is 3. The summed E-state index contributed by atoms with van der Waals surface area (Å²) in [5.41, 5.74) is 4.28. The van der Waals surface area contributed by atoms with Crippen LogP contribution in [0.2, 0.25) is 0 Å². The van der Waals surface area contributed by atoms with E-state index in [4.69, 9.17) is 19.5 Å². The molecular formula is C39H64N7O17P3S. The van der Waals surface area contributed by atoms with Crippen molar-refractivity contribution in [2.24, 2.45) is 5.41 Å². The van der Waals surface area contributed by atoms with Crippen LogP contribution in [-0.4, -0.2) is 123 Å². The lowest BCUT2D eigenvalue weighted by Gasteiger charge is -2.30. The Hall–Kier alpha value is -3.22. The predicted octanol–water partition coefficient (Wildman–Crippen LogP) is 4.25. The number of phosphoric acid groups is 3. The van der Waals surface area contributed by atoms with E-state index in [1.54, 1.807) is 0 Å². The van der Waals surface area contributed by atoms with Gasteiger partial charge in [-0.15, -0.1) is 0 Å². The average Bonchev–Trinajstić information content (AvgIpc) is 3.81. The molecule has 1 saturated heterocycles. The Morgan fingerprint density at radius 3 is 2.25 bits per heavy atom. The van der Waals surface area contributed by atoms with Crippen molar-refractivity contribution in [3.63, 3.8) is 0 Å². The zero-order valence-electron chi connectivity index (χ0n) is 37.6. The van der Waals surface area contributed by atoms with Crippen molar-refractivity contribution < 1.29 is 80.5 Å². The Morgan fingerprint density at radius 1 is 0.910 bits per heavy atom. The zero-order valence-corrected chi connectivity index (χ0v) is 41.1. The van der Waals surface area contributed by atoms with Gasteiger partial charge in [0, 0.05) is 37.1 Å². The summed E-state index contributed by atoms with van der Waals surface area (Å²) < 4.78 is 62.4. The maximum absolute atomic E-state index is 12.7. The topological polar surface area (TPSA) is 364 Å². The number of nitrogens with two attached hydrogens (primary N) is 1. The van der Waals surface area contributed by atoms with E-state index < -0.39 is 84.6 Å². The van der Waals surface area contributed by atoms with Gasteiger partial charge in [0.2, 0.25) is 11.8 Å². The molecule has 0 saturated carbocycles. The van der Waals surface area contributed by atoms with Crippen LogP contribution in [0.25, 0.3) is 11.2 Å². The second-order valence-electron chi connectivity index (χ2n) is 16.0. The normalized spacial score (nSPS) is 20.4. The zero-order chi connectivity index (χ0) is 49.7. The van der Waals surface area contributed by atoms with Gasteiger partial charge in [0.1, 0.15) is 36.3 Å². The fourth-order valence-corrected chi connectivity index (χ4v) is 9.78. The molecule has 7 unspecified atom stereocenters. The number of hydrogen-bond donors (Lipinski definition) is 9. The van der Waals surface area contributed by atoms with Gasteiger partial charge in [-0.25, -0.2) is 28.6 Å². The summed E-state index contributed by atoms with van der Waals surface area (Å²) in [5, 5.41) is 26.6. The fraction of sp³-hybridized carbons (Fsp3) is 0.641. The molecule has 0 radical (unpaired) electrons. The average molecular weight is 1030 g/mol. The number of aliphatic hydroxyl groups excluding tert-OH is 2. The second kappa shape index (κ2) is 28.4. The fourth-order valence-electron chi connectivity index (χ4n) is 6.23. The third-order valence-electron chi connectivity index (χ3n) is 9.85. The van der Waals surface area contributed by atoms with Crippen LogP contribution in [0.5, 0.6) is 0 Å². The molecular weight excluding hydrogens is 963 g/mol. The number of hydrogen-bond acceptors (Lipinski definition) is 18. The van der Waals surface area contributed by atoms with Crippen molar-refractivity contribution >= 4 is 69.1 Å². The number of amides is 2. The molecule has 24 nitrogen and oxygen atoms in total. The molecule has 2 amide bonds. The molecule has 0 bridgehead atoms. The van der Waals surface area contributed by atoms with Crippen molar-refractivity contribution in [2.45, 2.75) is 122 Å². The molecule has 67 heavy (non-hydrogen) atoms. The Labute approximate surface area is 393 Å². The molecule has 1 fully saturated rings. The highest BCUT2D eigenvalue weighted by Gasteiger charge is 2.50. The van der Waals surface area contributed by atoms with E-state index in [1.807, 2.05) is 12.2 Å². The van der Waals surface area contributed by atoms with Gasteiger partial charge in [0.25, 0.3) is 0 Å². The summed E-state index contributed by atoms with van der Waals surface area (Å²) in [6.45, 7) is 2.72. The molecule has 7 atom stereocenters. The minimum Gasteiger partial charge on any atom is -0.386 e. The molecule has 0 aromatic carbocycles. The van der Waals surface area contributed by atoms with Crippen LogP contribution in [0, 0.1) is 5.41 Å². The highest BCUT2D eigenvalue weighted by Crippen LogP contribution is 2.61.